The van der Waals surface area contributed by atoms with Crippen LogP contribution in [0.25, 0.3) is 6.08 Å². The van der Waals surface area contributed by atoms with Crippen LogP contribution >= 0.6 is 0 Å². The van der Waals surface area contributed by atoms with Crippen molar-refractivity contribution in [3.8, 4) is 0 Å². The van der Waals surface area contributed by atoms with Crippen LogP contribution in [0.2, 0.25) is 0 Å². The van der Waals surface area contributed by atoms with E-state index >= 15 is 0 Å². The second-order valence-corrected chi connectivity index (χ2v) is 8.21. The highest BCUT2D eigenvalue weighted by molar-refractivity contribution is 6.04. The van der Waals surface area contributed by atoms with E-state index in [1.165, 1.54) is 0 Å². The molecule has 0 fully saturated rings. The molecule has 0 saturated carbocycles. The molecule has 1 aliphatic rings. The van der Waals surface area contributed by atoms with Crippen molar-refractivity contribution < 1.29 is 9.18 Å². The summed E-state index contributed by atoms with van der Waals surface area (Å²) in [5.41, 5.74) is 2.35. The van der Waals surface area contributed by atoms with Gasteiger partial charge in [0.15, 0.2) is 5.78 Å². The molecule has 32 heavy (non-hydrogen) atoms. The molecule has 0 heterocycles. The Bertz CT molecular complexity index is 1130. The number of Topliss-reactive ketones (excluding diaryl/α,β-unsaturated/α-hetero) is 1. The summed E-state index contributed by atoms with van der Waals surface area (Å²) in [7, 11) is 0. The van der Waals surface area contributed by atoms with Gasteiger partial charge < -0.3 is 0 Å². The molecule has 3 aromatic carbocycles. The molecule has 4 rings (SSSR count). The maximum absolute atomic E-state index is 14.8. The summed E-state index contributed by atoms with van der Waals surface area (Å²) >= 11 is 0. The standard InChI is InChI=1S/C30H27FO/c31-28-21-11-10-18-26(28)23-30(27-19-8-3-9-20-27,29(32)25-16-6-2-7-17-25)22-12-15-24-13-4-1-5-14-24/h1-10,12-20H,11,21-23H2/b15-12+. The Morgan fingerprint density at radius 2 is 1.50 bits per heavy atom. The van der Waals surface area contributed by atoms with Crippen molar-refractivity contribution in [3.63, 3.8) is 0 Å². The van der Waals surface area contributed by atoms with E-state index in [1.54, 1.807) is 0 Å². The maximum Gasteiger partial charge on any atom is 0.174 e. The predicted octanol–water partition coefficient (Wildman–Crippen LogP) is 7.87. The summed E-state index contributed by atoms with van der Waals surface area (Å²) in [4.78, 5) is 14.1. The van der Waals surface area contributed by atoms with E-state index in [-0.39, 0.29) is 11.6 Å². The molecule has 0 radical (unpaired) electrons. The van der Waals surface area contributed by atoms with Crippen molar-refractivity contribution in [3.05, 3.63) is 137 Å². The first-order valence-electron chi connectivity index (χ1n) is 11.1. The van der Waals surface area contributed by atoms with Gasteiger partial charge >= 0.3 is 0 Å². The van der Waals surface area contributed by atoms with Gasteiger partial charge in [0, 0.05) is 12.0 Å². The van der Waals surface area contributed by atoms with E-state index in [9.17, 15) is 9.18 Å². The molecule has 0 amide bonds. The maximum atomic E-state index is 14.8. The summed E-state index contributed by atoms with van der Waals surface area (Å²) in [6.07, 6.45) is 9.85. The molecule has 1 nitrogen and oxygen atoms in total. The predicted molar refractivity (Wildman–Crippen MR) is 130 cm³/mol. The first-order chi connectivity index (χ1) is 15.7. The van der Waals surface area contributed by atoms with Crippen LogP contribution in [-0.2, 0) is 5.41 Å². The molecule has 0 bridgehead atoms. The van der Waals surface area contributed by atoms with E-state index in [4.69, 9.17) is 0 Å². The second kappa shape index (κ2) is 10.2. The normalized spacial score (nSPS) is 15.7. The minimum atomic E-state index is -0.901. The molecule has 2 heteroatoms. The van der Waals surface area contributed by atoms with Gasteiger partial charge in [-0.25, -0.2) is 4.39 Å². The first kappa shape index (κ1) is 21.7. The minimum absolute atomic E-state index is 0.0151. The molecule has 0 spiro atoms. The van der Waals surface area contributed by atoms with Gasteiger partial charge in [0.25, 0.3) is 0 Å². The van der Waals surface area contributed by atoms with Gasteiger partial charge in [0.1, 0.15) is 5.83 Å². The van der Waals surface area contributed by atoms with Crippen molar-refractivity contribution in [2.24, 2.45) is 0 Å². The van der Waals surface area contributed by atoms with Crippen LogP contribution in [0.1, 0.15) is 47.2 Å². The first-order valence-corrected chi connectivity index (χ1v) is 11.1. The van der Waals surface area contributed by atoms with Crippen LogP contribution in [0, 0.1) is 0 Å². The van der Waals surface area contributed by atoms with E-state index in [0.717, 1.165) is 11.1 Å². The van der Waals surface area contributed by atoms with Gasteiger partial charge in [-0.2, -0.15) is 0 Å². The molecule has 160 valence electrons. The van der Waals surface area contributed by atoms with E-state index < -0.39 is 5.41 Å². The van der Waals surface area contributed by atoms with Crippen molar-refractivity contribution in [1.29, 1.82) is 0 Å². The molecule has 0 N–H and O–H groups in total. The Kier molecular flexibility index (Phi) is 6.91. The number of benzene rings is 3. The summed E-state index contributed by atoms with van der Waals surface area (Å²) in [6.45, 7) is 0. The van der Waals surface area contributed by atoms with Gasteiger partial charge in [0.05, 0.1) is 5.41 Å². The molecule has 3 aromatic rings. The fraction of sp³-hybridized carbons (Fsp3) is 0.167. The van der Waals surface area contributed by atoms with Gasteiger partial charge in [-0.15, -0.1) is 0 Å². The summed E-state index contributed by atoms with van der Waals surface area (Å²) < 4.78 is 14.8. The average molecular weight is 423 g/mol. The van der Waals surface area contributed by atoms with Crippen LogP contribution in [0.4, 0.5) is 4.39 Å². The lowest BCUT2D eigenvalue weighted by Crippen LogP contribution is -2.36. The monoisotopic (exact) mass is 422 g/mol. The third-order valence-electron chi connectivity index (χ3n) is 6.06. The number of halogens is 1. The SMILES string of the molecule is O=C(c1ccccc1)C(C/C=C/c1ccccc1)(CC1=C(F)CCC=C1)c1ccccc1. The highest BCUT2D eigenvalue weighted by Gasteiger charge is 2.40. The average Bonchev–Trinajstić information content (AvgIpc) is 2.86. The summed E-state index contributed by atoms with van der Waals surface area (Å²) in [5.74, 6) is -0.0954. The zero-order chi connectivity index (χ0) is 22.2. The molecule has 0 aliphatic heterocycles. The van der Waals surface area contributed by atoms with Crippen molar-refractivity contribution >= 4 is 11.9 Å². The van der Waals surface area contributed by atoms with Crippen molar-refractivity contribution in [2.75, 3.05) is 0 Å². The Morgan fingerprint density at radius 3 is 2.16 bits per heavy atom. The lowest BCUT2D eigenvalue weighted by atomic mass is 9.67. The highest BCUT2D eigenvalue weighted by Crippen LogP contribution is 2.41. The molecule has 0 aromatic heterocycles. The third kappa shape index (κ3) is 4.86. The lowest BCUT2D eigenvalue weighted by Gasteiger charge is -2.33. The fourth-order valence-electron chi connectivity index (χ4n) is 4.35. The number of carbonyl (C=O) groups excluding carboxylic acids is 1. The molecule has 1 atom stereocenters. The number of allylic oxidation sites excluding steroid dienone is 5. The number of hydrogen-bond donors (Lipinski definition) is 0. The highest BCUT2D eigenvalue weighted by atomic mass is 19.1. The van der Waals surface area contributed by atoms with Crippen LogP contribution in [0.15, 0.2) is 121 Å². The number of hydrogen-bond acceptors (Lipinski definition) is 1. The number of rotatable bonds is 8. The van der Waals surface area contributed by atoms with E-state index in [2.05, 4.69) is 0 Å². The lowest BCUT2D eigenvalue weighted by molar-refractivity contribution is 0.0882. The number of ketones is 1. The van der Waals surface area contributed by atoms with Gasteiger partial charge in [0.2, 0.25) is 0 Å². The fourth-order valence-corrected chi connectivity index (χ4v) is 4.35. The summed E-state index contributed by atoms with van der Waals surface area (Å²) in [6, 6.07) is 29.2. The van der Waals surface area contributed by atoms with Crippen molar-refractivity contribution in [1.82, 2.24) is 0 Å². The van der Waals surface area contributed by atoms with Crippen molar-refractivity contribution in [2.45, 2.75) is 31.1 Å². The zero-order valence-electron chi connectivity index (χ0n) is 18.1. The molecule has 1 aliphatic carbocycles. The van der Waals surface area contributed by atoms with Crippen LogP contribution in [-0.4, -0.2) is 5.78 Å². The van der Waals surface area contributed by atoms with Gasteiger partial charge in [-0.3, -0.25) is 4.79 Å². The minimum Gasteiger partial charge on any atom is -0.293 e. The Hall–Kier alpha value is -3.52. The molecular weight excluding hydrogens is 395 g/mol. The number of carbonyl (C=O) groups is 1. The van der Waals surface area contributed by atoms with Crippen LogP contribution in [0.3, 0.4) is 0 Å². The van der Waals surface area contributed by atoms with Gasteiger partial charge in [-0.1, -0.05) is 115 Å². The topological polar surface area (TPSA) is 17.1 Å². The second-order valence-electron chi connectivity index (χ2n) is 8.21. The molecule has 0 saturated heterocycles. The van der Waals surface area contributed by atoms with E-state index in [1.807, 2.05) is 115 Å². The molecule has 1 unspecified atom stereocenters. The third-order valence-corrected chi connectivity index (χ3v) is 6.06. The molecular formula is C30H27FO. The van der Waals surface area contributed by atoms with Crippen LogP contribution < -0.4 is 0 Å². The smallest absolute Gasteiger partial charge is 0.174 e. The largest absolute Gasteiger partial charge is 0.293 e. The zero-order valence-corrected chi connectivity index (χ0v) is 18.1. The Balaban J connectivity index is 1.82. The summed E-state index contributed by atoms with van der Waals surface area (Å²) in [5, 5.41) is 0. The quantitative estimate of drug-likeness (QED) is 0.338. The van der Waals surface area contributed by atoms with E-state index in [0.29, 0.717) is 36.8 Å². The van der Waals surface area contributed by atoms with Crippen LogP contribution in [0.5, 0.6) is 0 Å². The Labute approximate surface area is 189 Å². The Morgan fingerprint density at radius 1 is 0.875 bits per heavy atom. The van der Waals surface area contributed by atoms with Gasteiger partial charge in [-0.05, 0) is 36.0 Å².